The molecule has 5 nitrogen and oxygen atoms in total. The average Bonchev–Trinajstić information content (AvgIpc) is 2.65. The fraction of sp³-hybridized carbons (Fsp3) is 0.235. The lowest BCUT2D eigenvalue weighted by molar-refractivity contribution is -0.387. The van der Waals surface area contributed by atoms with Crippen LogP contribution in [-0.4, -0.2) is 23.2 Å². The van der Waals surface area contributed by atoms with Gasteiger partial charge in [0.2, 0.25) is 5.82 Å². The number of rotatable bonds is 4. The van der Waals surface area contributed by atoms with Crippen LogP contribution in [0.1, 0.15) is 21.5 Å². The Morgan fingerprint density at radius 1 is 0.912 bits per heavy atom. The number of benzene rings is 2. The molecule has 0 saturated heterocycles. The molecule has 2 aromatic carbocycles. The molecular weight excluding hydrogens is 569 g/mol. The molecule has 0 bridgehead atoms. The topological polar surface area (TPSA) is 72.2 Å². The second kappa shape index (κ2) is 8.66. The summed E-state index contributed by atoms with van der Waals surface area (Å²) < 4.78 is 145. The fourth-order valence-electron chi connectivity index (χ4n) is 2.62. The quantitative estimate of drug-likeness (QED) is 0.241. The number of carbonyl (C=O) groups is 1. The molecule has 17 heteroatoms. The summed E-state index contributed by atoms with van der Waals surface area (Å²) in [6.07, 6.45) is -19.1. The highest BCUT2D eigenvalue weighted by molar-refractivity contribution is 9.10. The number of halogens is 12. The van der Waals surface area contributed by atoms with Crippen LogP contribution < -0.4 is 5.32 Å². The van der Waals surface area contributed by atoms with Crippen LogP contribution in [0, 0.1) is 15.9 Å². The van der Waals surface area contributed by atoms with Crippen LogP contribution in [0.15, 0.2) is 34.8 Å². The van der Waals surface area contributed by atoms with E-state index in [1.54, 1.807) is 0 Å². The second-order valence-corrected chi connectivity index (χ2v) is 7.26. The Hall–Kier alpha value is -2.98. The number of nitrogens with zero attached hydrogens (tertiary/aromatic N) is 1. The van der Waals surface area contributed by atoms with Crippen molar-refractivity contribution in [2.24, 2.45) is 0 Å². The third kappa shape index (κ3) is 4.92. The Balaban J connectivity index is 2.69. The first-order valence-electron chi connectivity index (χ1n) is 8.20. The summed E-state index contributed by atoms with van der Waals surface area (Å²) >= 11 is 2.28. The first-order chi connectivity index (χ1) is 15.2. The molecule has 1 N–H and O–H groups in total. The van der Waals surface area contributed by atoms with Gasteiger partial charge in [-0.3, -0.25) is 14.9 Å². The van der Waals surface area contributed by atoms with E-state index in [9.17, 15) is 63.2 Å². The van der Waals surface area contributed by atoms with Gasteiger partial charge in [-0.1, -0.05) is 0 Å². The van der Waals surface area contributed by atoms with Crippen molar-refractivity contribution in [3.05, 3.63) is 67.4 Å². The van der Waals surface area contributed by atoms with Gasteiger partial charge in [0.15, 0.2) is 0 Å². The number of amides is 1. The zero-order valence-electron chi connectivity index (χ0n) is 15.6. The summed E-state index contributed by atoms with van der Waals surface area (Å²) in [6.45, 7) is 0. The molecule has 186 valence electrons. The molecule has 1 amide bonds. The Labute approximate surface area is 188 Å². The summed E-state index contributed by atoms with van der Waals surface area (Å²) in [7, 11) is 0. The molecular formula is C17H6BrF11N2O3. The lowest BCUT2D eigenvalue weighted by Gasteiger charge is -2.31. The molecule has 0 saturated carbocycles. The van der Waals surface area contributed by atoms with E-state index in [0.717, 1.165) is 0 Å². The minimum absolute atomic E-state index is 0.265. The number of anilines is 1. The molecule has 0 aliphatic heterocycles. The van der Waals surface area contributed by atoms with E-state index in [1.807, 2.05) is 0 Å². The highest BCUT2D eigenvalue weighted by Crippen LogP contribution is 2.55. The Bertz CT molecular complexity index is 1130. The summed E-state index contributed by atoms with van der Waals surface area (Å²) in [6, 6.07) is 0.292. The number of nitro groups is 1. The lowest BCUT2D eigenvalue weighted by Crippen LogP contribution is -2.50. The Kier molecular flexibility index (Phi) is 6.95. The monoisotopic (exact) mass is 574 g/mol. The Morgan fingerprint density at radius 3 is 1.88 bits per heavy atom. The van der Waals surface area contributed by atoms with Crippen LogP contribution in [0.4, 0.5) is 59.7 Å². The molecule has 0 radical (unpaired) electrons. The first-order valence-corrected chi connectivity index (χ1v) is 9.00. The SMILES string of the molecule is O=C(Nc1c(Br)cc(C(F)(C(F)(F)F)C(F)(F)F)cc1C(F)(F)F)c1ccc(F)c([N+](=O)[O-])c1. The van der Waals surface area contributed by atoms with Crippen molar-refractivity contribution in [3.63, 3.8) is 0 Å². The predicted molar refractivity (Wildman–Crippen MR) is 95.0 cm³/mol. The number of hydrogen-bond donors (Lipinski definition) is 1. The third-order valence-electron chi connectivity index (χ3n) is 4.22. The minimum atomic E-state index is -6.72. The van der Waals surface area contributed by atoms with Crippen LogP contribution in [0.5, 0.6) is 0 Å². The molecule has 0 aliphatic rings. The highest BCUT2D eigenvalue weighted by Gasteiger charge is 2.73. The highest BCUT2D eigenvalue weighted by atomic mass is 79.9. The van der Waals surface area contributed by atoms with Gasteiger partial charge in [0.25, 0.3) is 5.91 Å². The summed E-state index contributed by atoms with van der Waals surface area (Å²) in [5, 5.41) is 12.3. The fourth-order valence-corrected chi connectivity index (χ4v) is 3.18. The van der Waals surface area contributed by atoms with Gasteiger partial charge in [-0.05, 0) is 40.2 Å². The van der Waals surface area contributed by atoms with Crippen molar-refractivity contribution in [1.82, 2.24) is 0 Å². The van der Waals surface area contributed by atoms with Crippen LogP contribution in [-0.2, 0) is 11.8 Å². The maximum absolute atomic E-state index is 14.3. The molecule has 2 rings (SSSR count). The van der Waals surface area contributed by atoms with E-state index in [4.69, 9.17) is 0 Å². The van der Waals surface area contributed by atoms with Crippen LogP contribution in [0.3, 0.4) is 0 Å². The number of hydrogen-bond acceptors (Lipinski definition) is 3. The van der Waals surface area contributed by atoms with Gasteiger partial charge < -0.3 is 5.32 Å². The molecule has 0 heterocycles. The van der Waals surface area contributed by atoms with Gasteiger partial charge in [-0.15, -0.1) is 0 Å². The minimum Gasteiger partial charge on any atom is -0.320 e. The normalized spacial score (nSPS) is 13.1. The standard InChI is InChI=1S/C17H6BrF11N2O3/c18-9-5-7(14(20,16(24,25)26)17(27,28)29)4-8(15(21,22)23)12(9)30-13(32)6-1-2-10(19)11(3-6)31(33)34/h1-5H,(H,30,32). The van der Waals surface area contributed by atoms with Crippen molar-refractivity contribution >= 4 is 33.2 Å². The molecule has 0 atom stereocenters. The largest absolute Gasteiger partial charge is 0.435 e. The first kappa shape index (κ1) is 27.3. The van der Waals surface area contributed by atoms with Gasteiger partial charge in [0.1, 0.15) is 0 Å². The van der Waals surface area contributed by atoms with Gasteiger partial charge in [-0.2, -0.15) is 43.9 Å². The molecule has 34 heavy (non-hydrogen) atoms. The van der Waals surface area contributed by atoms with E-state index >= 15 is 0 Å². The molecule has 2 aromatic rings. The zero-order valence-corrected chi connectivity index (χ0v) is 17.2. The van der Waals surface area contributed by atoms with Crippen molar-refractivity contribution in [2.45, 2.75) is 24.2 Å². The predicted octanol–water partition coefficient (Wildman–Crippen LogP) is 7.06. The maximum atomic E-state index is 14.3. The number of carbonyl (C=O) groups excluding carboxylic acids is 1. The summed E-state index contributed by atoms with van der Waals surface area (Å²) in [4.78, 5) is 21.7. The number of nitrogens with one attached hydrogen (secondary N) is 1. The zero-order chi connectivity index (χ0) is 26.4. The second-order valence-electron chi connectivity index (χ2n) is 6.41. The average molecular weight is 575 g/mol. The van der Waals surface area contributed by atoms with Gasteiger partial charge in [0, 0.05) is 21.7 Å². The lowest BCUT2D eigenvalue weighted by atomic mass is 9.92. The molecule has 0 aromatic heterocycles. The van der Waals surface area contributed by atoms with Gasteiger partial charge in [-0.25, -0.2) is 4.39 Å². The van der Waals surface area contributed by atoms with Crippen LogP contribution in [0.25, 0.3) is 0 Å². The summed E-state index contributed by atoms with van der Waals surface area (Å²) in [5.74, 6) is -3.00. The Morgan fingerprint density at radius 2 is 1.44 bits per heavy atom. The molecule has 0 fully saturated rings. The van der Waals surface area contributed by atoms with Crippen LogP contribution in [0.2, 0.25) is 0 Å². The number of alkyl halides is 10. The molecule has 0 unspecified atom stereocenters. The molecule has 0 aliphatic carbocycles. The molecule has 0 spiro atoms. The van der Waals surface area contributed by atoms with E-state index in [0.29, 0.717) is 18.2 Å². The third-order valence-corrected chi connectivity index (χ3v) is 4.84. The van der Waals surface area contributed by atoms with Crippen molar-refractivity contribution < 1.29 is 58.0 Å². The number of nitro benzene ring substituents is 1. The van der Waals surface area contributed by atoms with E-state index in [1.165, 1.54) is 5.32 Å². The van der Waals surface area contributed by atoms with E-state index in [-0.39, 0.29) is 6.07 Å². The smallest absolute Gasteiger partial charge is 0.320 e. The van der Waals surface area contributed by atoms with Crippen molar-refractivity contribution in [1.29, 1.82) is 0 Å². The van der Waals surface area contributed by atoms with Gasteiger partial charge >= 0.3 is 29.9 Å². The van der Waals surface area contributed by atoms with Crippen molar-refractivity contribution in [3.8, 4) is 0 Å². The van der Waals surface area contributed by atoms with Crippen LogP contribution >= 0.6 is 15.9 Å². The maximum Gasteiger partial charge on any atom is 0.435 e. The summed E-state index contributed by atoms with van der Waals surface area (Å²) in [5.41, 5.74) is -14.5. The van der Waals surface area contributed by atoms with Gasteiger partial charge in [0.05, 0.1) is 16.2 Å². The van der Waals surface area contributed by atoms with Crippen molar-refractivity contribution in [2.75, 3.05) is 5.32 Å². The van der Waals surface area contributed by atoms with E-state index < -0.39 is 79.4 Å². The van der Waals surface area contributed by atoms with E-state index in [2.05, 4.69) is 15.9 Å².